The molecule has 0 spiro atoms. The molecule has 84 valence electrons. The molecule has 0 fully saturated rings. The summed E-state index contributed by atoms with van der Waals surface area (Å²) in [5.74, 6) is 0.889. The van der Waals surface area contributed by atoms with Gasteiger partial charge in [-0.25, -0.2) is 0 Å². The highest BCUT2D eigenvalue weighted by Gasteiger charge is 2.10. The van der Waals surface area contributed by atoms with Crippen LogP contribution in [0.15, 0.2) is 12.1 Å². The van der Waals surface area contributed by atoms with E-state index in [2.05, 4.69) is 43.1 Å². The number of nitrogens with one attached hydrogen (secondary N) is 1. The van der Waals surface area contributed by atoms with E-state index in [0.29, 0.717) is 4.77 Å². The second kappa shape index (κ2) is 3.87. The molecular formula is C12H15N3S. The topological polar surface area (TPSA) is 33.6 Å². The van der Waals surface area contributed by atoms with E-state index in [1.807, 2.05) is 11.5 Å². The van der Waals surface area contributed by atoms with Gasteiger partial charge in [0, 0.05) is 0 Å². The third-order valence-electron chi connectivity index (χ3n) is 2.70. The summed E-state index contributed by atoms with van der Waals surface area (Å²) in [5.41, 5.74) is 4.85. The largest absolute Gasteiger partial charge is 0.272 e. The zero-order chi connectivity index (χ0) is 11.9. The Balaban J connectivity index is 2.79. The van der Waals surface area contributed by atoms with Crippen LogP contribution >= 0.6 is 12.2 Å². The Bertz CT molecular complexity index is 570. The normalized spacial score (nSPS) is 10.8. The summed E-state index contributed by atoms with van der Waals surface area (Å²) in [6, 6.07) is 4.33. The van der Waals surface area contributed by atoms with Gasteiger partial charge in [-0.05, 0) is 51.0 Å². The van der Waals surface area contributed by atoms with Crippen molar-refractivity contribution in [3.05, 3.63) is 39.4 Å². The number of aromatic nitrogens is 3. The molecule has 3 nitrogen and oxygen atoms in total. The van der Waals surface area contributed by atoms with Gasteiger partial charge >= 0.3 is 0 Å². The van der Waals surface area contributed by atoms with Crippen LogP contribution in [0.5, 0.6) is 0 Å². The number of hydrogen-bond donors (Lipinski definition) is 1. The third-order valence-corrected chi connectivity index (χ3v) is 2.97. The monoisotopic (exact) mass is 233 g/mol. The summed E-state index contributed by atoms with van der Waals surface area (Å²) in [7, 11) is 0. The van der Waals surface area contributed by atoms with Gasteiger partial charge in [-0.1, -0.05) is 17.7 Å². The van der Waals surface area contributed by atoms with Crippen molar-refractivity contribution in [2.75, 3.05) is 0 Å². The lowest BCUT2D eigenvalue weighted by atomic mass is 10.1. The molecule has 0 saturated carbocycles. The highest BCUT2D eigenvalue weighted by molar-refractivity contribution is 7.71. The number of hydrogen-bond acceptors (Lipinski definition) is 2. The van der Waals surface area contributed by atoms with Crippen molar-refractivity contribution in [1.29, 1.82) is 0 Å². The van der Waals surface area contributed by atoms with Crippen molar-refractivity contribution in [2.24, 2.45) is 0 Å². The lowest BCUT2D eigenvalue weighted by Crippen LogP contribution is -2.03. The zero-order valence-corrected chi connectivity index (χ0v) is 10.8. The van der Waals surface area contributed by atoms with E-state index in [1.165, 1.54) is 16.7 Å². The van der Waals surface area contributed by atoms with Crippen molar-refractivity contribution < 1.29 is 0 Å². The number of nitrogens with zero attached hydrogens (tertiary/aromatic N) is 2. The minimum atomic E-state index is 0.646. The first-order chi connectivity index (χ1) is 7.50. The quantitative estimate of drug-likeness (QED) is 0.768. The van der Waals surface area contributed by atoms with Crippen LogP contribution in [0.4, 0.5) is 0 Å². The van der Waals surface area contributed by atoms with E-state index in [9.17, 15) is 0 Å². The molecule has 0 saturated heterocycles. The van der Waals surface area contributed by atoms with E-state index in [4.69, 9.17) is 12.2 Å². The molecule has 0 unspecified atom stereocenters. The maximum Gasteiger partial charge on any atom is 0.199 e. The van der Waals surface area contributed by atoms with Crippen molar-refractivity contribution in [1.82, 2.24) is 14.8 Å². The van der Waals surface area contributed by atoms with Gasteiger partial charge in [0.25, 0.3) is 0 Å². The number of H-pyrrole nitrogens is 1. The van der Waals surface area contributed by atoms with Crippen molar-refractivity contribution >= 4 is 12.2 Å². The molecular weight excluding hydrogens is 218 g/mol. The van der Waals surface area contributed by atoms with E-state index in [1.54, 1.807) is 0 Å². The predicted molar refractivity (Wildman–Crippen MR) is 67.7 cm³/mol. The lowest BCUT2D eigenvalue weighted by Gasteiger charge is -2.12. The number of rotatable bonds is 1. The Morgan fingerprint density at radius 2 is 1.69 bits per heavy atom. The van der Waals surface area contributed by atoms with Crippen LogP contribution in [0.1, 0.15) is 22.5 Å². The summed E-state index contributed by atoms with van der Waals surface area (Å²) >= 11 is 5.25. The van der Waals surface area contributed by atoms with Gasteiger partial charge in [-0.3, -0.25) is 9.67 Å². The molecule has 4 heteroatoms. The molecule has 1 heterocycles. The van der Waals surface area contributed by atoms with Crippen LogP contribution < -0.4 is 0 Å². The summed E-state index contributed by atoms with van der Waals surface area (Å²) in [5, 5.41) is 6.96. The van der Waals surface area contributed by atoms with Crippen molar-refractivity contribution in [3.63, 3.8) is 0 Å². The SMILES string of the molecule is Cc1cc(C)c(-n2c(C)n[nH]c2=S)c(C)c1. The second-order valence-corrected chi connectivity index (χ2v) is 4.55. The average Bonchev–Trinajstić information content (AvgIpc) is 2.47. The molecule has 16 heavy (non-hydrogen) atoms. The fraction of sp³-hybridized carbons (Fsp3) is 0.333. The van der Waals surface area contributed by atoms with Crippen LogP contribution in [-0.2, 0) is 0 Å². The zero-order valence-electron chi connectivity index (χ0n) is 9.96. The molecule has 2 rings (SSSR count). The molecule has 0 bridgehead atoms. The maximum atomic E-state index is 5.25. The lowest BCUT2D eigenvalue weighted by molar-refractivity contribution is 0.942. The molecule has 1 aromatic carbocycles. The summed E-state index contributed by atoms with van der Waals surface area (Å²) in [6.45, 7) is 8.25. The Morgan fingerprint density at radius 3 is 2.12 bits per heavy atom. The second-order valence-electron chi connectivity index (χ2n) is 4.16. The molecule has 0 aliphatic heterocycles. The molecule has 1 aromatic heterocycles. The smallest absolute Gasteiger partial charge is 0.199 e. The minimum absolute atomic E-state index is 0.646. The first-order valence-electron chi connectivity index (χ1n) is 5.23. The molecule has 0 amide bonds. The maximum absolute atomic E-state index is 5.25. The predicted octanol–water partition coefficient (Wildman–Crippen LogP) is 3.16. The van der Waals surface area contributed by atoms with E-state index < -0.39 is 0 Å². The third kappa shape index (κ3) is 1.69. The van der Waals surface area contributed by atoms with Gasteiger partial charge in [0.05, 0.1) is 5.69 Å². The molecule has 2 aromatic rings. The fourth-order valence-electron chi connectivity index (χ4n) is 2.16. The number of benzene rings is 1. The molecule has 0 atom stereocenters. The van der Waals surface area contributed by atoms with E-state index >= 15 is 0 Å². The van der Waals surface area contributed by atoms with Crippen molar-refractivity contribution in [2.45, 2.75) is 27.7 Å². The van der Waals surface area contributed by atoms with E-state index in [0.717, 1.165) is 11.5 Å². The highest BCUT2D eigenvalue weighted by atomic mass is 32.1. The summed E-state index contributed by atoms with van der Waals surface area (Å²) in [6.07, 6.45) is 0. The number of aromatic amines is 1. The van der Waals surface area contributed by atoms with Crippen LogP contribution in [-0.4, -0.2) is 14.8 Å². The Labute approximate surface area is 100 Å². The molecule has 0 aliphatic carbocycles. The summed E-state index contributed by atoms with van der Waals surface area (Å²) < 4.78 is 2.63. The van der Waals surface area contributed by atoms with Crippen LogP contribution in [0.25, 0.3) is 5.69 Å². The summed E-state index contributed by atoms with van der Waals surface area (Å²) in [4.78, 5) is 0. The minimum Gasteiger partial charge on any atom is -0.272 e. The fourth-order valence-corrected chi connectivity index (χ4v) is 2.43. The van der Waals surface area contributed by atoms with Crippen LogP contribution in [0.3, 0.4) is 0 Å². The first kappa shape index (κ1) is 11.1. The molecule has 1 N–H and O–H groups in total. The highest BCUT2D eigenvalue weighted by Crippen LogP contribution is 2.22. The molecule has 0 radical (unpaired) electrons. The van der Waals surface area contributed by atoms with Crippen LogP contribution in [0, 0.1) is 32.5 Å². The first-order valence-corrected chi connectivity index (χ1v) is 5.64. The molecule has 0 aliphatic rings. The van der Waals surface area contributed by atoms with Gasteiger partial charge in [0.15, 0.2) is 4.77 Å². The van der Waals surface area contributed by atoms with Crippen LogP contribution in [0.2, 0.25) is 0 Å². The van der Waals surface area contributed by atoms with Gasteiger partial charge in [0.1, 0.15) is 5.82 Å². The van der Waals surface area contributed by atoms with Gasteiger partial charge in [-0.15, -0.1) is 0 Å². The van der Waals surface area contributed by atoms with Gasteiger partial charge in [0.2, 0.25) is 0 Å². The van der Waals surface area contributed by atoms with Gasteiger partial charge in [-0.2, -0.15) is 5.10 Å². The number of aryl methyl sites for hydroxylation is 4. The van der Waals surface area contributed by atoms with Gasteiger partial charge < -0.3 is 0 Å². The van der Waals surface area contributed by atoms with Crippen molar-refractivity contribution in [3.8, 4) is 5.69 Å². The Morgan fingerprint density at radius 1 is 1.12 bits per heavy atom. The average molecular weight is 233 g/mol. The standard InChI is InChI=1S/C12H15N3S/c1-7-5-8(2)11(9(3)6-7)15-10(4)13-14-12(15)16/h5-6H,1-4H3,(H,14,16). The Hall–Kier alpha value is -1.42. The van der Waals surface area contributed by atoms with E-state index in [-0.39, 0.29) is 0 Å². The Kier molecular flexibility index (Phi) is 2.68.